The number of benzene rings is 1. The Morgan fingerprint density at radius 2 is 1.68 bits per heavy atom. The largest absolute Gasteiger partial charge is 0.351 e. The third-order valence-electron chi connectivity index (χ3n) is 2.81. The highest BCUT2D eigenvalue weighted by molar-refractivity contribution is 5.30. The van der Waals surface area contributed by atoms with Gasteiger partial charge in [-0.25, -0.2) is 14.4 Å². The minimum absolute atomic E-state index is 0.187. The number of hydrogen-bond donors (Lipinski definition) is 1. The summed E-state index contributed by atoms with van der Waals surface area (Å²) in [5.41, 5.74) is 2.98. The zero-order valence-electron chi connectivity index (χ0n) is 11.4. The van der Waals surface area contributed by atoms with Gasteiger partial charge in [0.05, 0.1) is 0 Å². The smallest absolute Gasteiger partial charge is 0.223 e. The van der Waals surface area contributed by atoms with Crippen molar-refractivity contribution in [2.75, 3.05) is 5.32 Å². The van der Waals surface area contributed by atoms with Crippen LogP contribution in [0, 0.1) is 19.7 Å². The predicted octanol–water partition coefficient (Wildman–Crippen LogP) is 3.28. The maximum Gasteiger partial charge on any atom is 0.223 e. The van der Waals surface area contributed by atoms with Crippen LogP contribution >= 0.6 is 0 Å². The standard InChI is InChI=1S/C15H18FN3/c1-10-8-11(2)18-15(17-10)19-12(3)9-13-4-6-14(16)7-5-13/h4-8,12H,9H2,1-3H3,(H,17,18,19). The monoisotopic (exact) mass is 259 g/mol. The molecule has 2 aromatic rings. The summed E-state index contributed by atoms with van der Waals surface area (Å²) in [6, 6.07) is 8.69. The van der Waals surface area contributed by atoms with Crippen LogP contribution in [0.4, 0.5) is 10.3 Å². The van der Waals surface area contributed by atoms with Crippen LogP contribution in [-0.4, -0.2) is 16.0 Å². The molecule has 0 saturated carbocycles. The van der Waals surface area contributed by atoms with Crippen LogP contribution in [0.2, 0.25) is 0 Å². The Bertz CT molecular complexity index is 532. The summed E-state index contributed by atoms with van der Waals surface area (Å²) >= 11 is 0. The fourth-order valence-corrected chi connectivity index (χ4v) is 2.04. The van der Waals surface area contributed by atoms with Gasteiger partial charge in [-0.15, -0.1) is 0 Å². The van der Waals surface area contributed by atoms with Gasteiger partial charge < -0.3 is 5.32 Å². The minimum atomic E-state index is -0.206. The fraction of sp³-hybridized carbons (Fsp3) is 0.333. The molecule has 1 N–H and O–H groups in total. The van der Waals surface area contributed by atoms with E-state index in [2.05, 4.69) is 22.2 Å². The molecule has 3 nitrogen and oxygen atoms in total. The Morgan fingerprint density at radius 1 is 1.11 bits per heavy atom. The summed E-state index contributed by atoms with van der Waals surface area (Å²) in [6.07, 6.45) is 0.802. The summed E-state index contributed by atoms with van der Waals surface area (Å²) in [6.45, 7) is 5.96. The number of nitrogens with zero attached hydrogens (tertiary/aromatic N) is 2. The van der Waals surface area contributed by atoms with Crippen LogP contribution in [0.1, 0.15) is 23.9 Å². The second-order valence-electron chi connectivity index (χ2n) is 4.85. The molecular weight excluding hydrogens is 241 g/mol. The summed E-state index contributed by atoms with van der Waals surface area (Å²) in [4.78, 5) is 8.70. The lowest BCUT2D eigenvalue weighted by Crippen LogP contribution is -2.20. The normalized spacial score (nSPS) is 12.2. The van der Waals surface area contributed by atoms with Crippen molar-refractivity contribution in [2.45, 2.75) is 33.2 Å². The maximum absolute atomic E-state index is 12.8. The van der Waals surface area contributed by atoms with Crippen molar-refractivity contribution in [1.29, 1.82) is 0 Å². The third-order valence-corrected chi connectivity index (χ3v) is 2.81. The van der Waals surface area contributed by atoms with Gasteiger partial charge in [0.1, 0.15) is 5.82 Å². The molecule has 1 aromatic carbocycles. The van der Waals surface area contributed by atoms with Crippen molar-refractivity contribution in [1.82, 2.24) is 9.97 Å². The quantitative estimate of drug-likeness (QED) is 0.915. The van der Waals surface area contributed by atoms with E-state index in [1.165, 1.54) is 12.1 Å². The lowest BCUT2D eigenvalue weighted by atomic mass is 10.1. The Balaban J connectivity index is 2.00. The number of nitrogens with one attached hydrogen (secondary N) is 1. The van der Waals surface area contributed by atoms with Crippen LogP contribution in [0.15, 0.2) is 30.3 Å². The molecule has 0 spiro atoms. The van der Waals surface area contributed by atoms with Gasteiger partial charge in [0.15, 0.2) is 0 Å². The van der Waals surface area contributed by atoms with E-state index in [9.17, 15) is 4.39 Å². The van der Waals surface area contributed by atoms with Crippen LogP contribution in [-0.2, 0) is 6.42 Å². The van der Waals surface area contributed by atoms with Gasteiger partial charge in [-0.2, -0.15) is 0 Å². The van der Waals surface area contributed by atoms with Crippen LogP contribution in [0.3, 0.4) is 0 Å². The SMILES string of the molecule is Cc1cc(C)nc(NC(C)Cc2ccc(F)cc2)n1. The molecule has 0 bridgehead atoms. The molecule has 1 atom stereocenters. The van der Waals surface area contributed by atoms with E-state index >= 15 is 0 Å². The Labute approximate surface area is 112 Å². The first kappa shape index (κ1) is 13.5. The molecule has 4 heteroatoms. The first-order valence-electron chi connectivity index (χ1n) is 6.36. The molecule has 19 heavy (non-hydrogen) atoms. The summed E-state index contributed by atoms with van der Waals surface area (Å²) < 4.78 is 12.8. The predicted molar refractivity (Wildman–Crippen MR) is 74.7 cm³/mol. The Morgan fingerprint density at radius 3 is 2.26 bits per heavy atom. The number of hydrogen-bond acceptors (Lipinski definition) is 3. The van der Waals surface area contributed by atoms with Crippen molar-refractivity contribution in [2.24, 2.45) is 0 Å². The zero-order valence-corrected chi connectivity index (χ0v) is 11.4. The molecule has 1 heterocycles. The number of aryl methyl sites for hydroxylation is 2. The van der Waals surface area contributed by atoms with Crippen molar-refractivity contribution in [3.05, 3.63) is 53.1 Å². The Kier molecular flexibility index (Phi) is 4.10. The minimum Gasteiger partial charge on any atom is -0.351 e. The second-order valence-corrected chi connectivity index (χ2v) is 4.85. The van der Waals surface area contributed by atoms with Gasteiger partial charge in [-0.3, -0.25) is 0 Å². The first-order valence-corrected chi connectivity index (χ1v) is 6.36. The summed E-state index contributed by atoms with van der Waals surface area (Å²) in [7, 11) is 0. The highest BCUT2D eigenvalue weighted by atomic mass is 19.1. The maximum atomic E-state index is 12.8. The van der Waals surface area contributed by atoms with E-state index in [0.29, 0.717) is 5.95 Å². The van der Waals surface area contributed by atoms with E-state index in [1.807, 2.05) is 19.9 Å². The van der Waals surface area contributed by atoms with E-state index in [1.54, 1.807) is 12.1 Å². The van der Waals surface area contributed by atoms with Crippen molar-refractivity contribution in [3.8, 4) is 0 Å². The molecule has 1 unspecified atom stereocenters. The van der Waals surface area contributed by atoms with Gasteiger partial charge in [-0.1, -0.05) is 12.1 Å². The third kappa shape index (κ3) is 4.02. The lowest BCUT2D eigenvalue weighted by molar-refractivity contribution is 0.626. The van der Waals surface area contributed by atoms with Crippen LogP contribution in [0.5, 0.6) is 0 Å². The zero-order chi connectivity index (χ0) is 13.8. The average molecular weight is 259 g/mol. The first-order chi connectivity index (χ1) is 9.02. The van der Waals surface area contributed by atoms with Gasteiger partial charge in [0.2, 0.25) is 5.95 Å². The van der Waals surface area contributed by atoms with Crippen LogP contribution in [0.25, 0.3) is 0 Å². The highest BCUT2D eigenvalue weighted by Crippen LogP contribution is 2.10. The molecule has 0 aliphatic heterocycles. The summed E-state index contributed by atoms with van der Waals surface area (Å²) in [5.74, 6) is 0.439. The van der Waals surface area contributed by atoms with Crippen molar-refractivity contribution in [3.63, 3.8) is 0 Å². The molecule has 100 valence electrons. The highest BCUT2D eigenvalue weighted by Gasteiger charge is 2.06. The molecular formula is C15H18FN3. The fourth-order valence-electron chi connectivity index (χ4n) is 2.04. The van der Waals surface area contributed by atoms with E-state index in [-0.39, 0.29) is 11.9 Å². The lowest BCUT2D eigenvalue weighted by Gasteiger charge is -2.14. The topological polar surface area (TPSA) is 37.8 Å². The average Bonchev–Trinajstić information content (AvgIpc) is 2.30. The summed E-state index contributed by atoms with van der Waals surface area (Å²) in [5, 5.41) is 3.27. The van der Waals surface area contributed by atoms with Crippen molar-refractivity contribution >= 4 is 5.95 Å². The van der Waals surface area contributed by atoms with Gasteiger partial charge >= 0.3 is 0 Å². The number of anilines is 1. The number of halogens is 1. The van der Waals surface area contributed by atoms with Gasteiger partial charge in [0, 0.05) is 17.4 Å². The van der Waals surface area contributed by atoms with E-state index < -0.39 is 0 Å². The number of aromatic nitrogens is 2. The van der Waals surface area contributed by atoms with Crippen LogP contribution < -0.4 is 5.32 Å². The number of rotatable bonds is 4. The Hall–Kier alpha value is -1.97. The van der Waals surface area contributed by atoms with Gasteiger partial charge in [-0.05, 0) is 51.0 Å². The molecule has 0 fully saturated rings. The molecule has 0 saturated heterocycles. The second kappa shape index (κ2) is 5.78. The molecule has 0 amide bonds. The van der Waals surface area contributed by atoms with Gasteiger partial charge in [0.25, 0.3) is 0 Å². The van der Waals surface area contributed by atoms with E-state index in [0.717, 1.165) is 23.4 Å². The molecule has 0 radical (unpaired) electrons. The molecule has 1 aromatic heterocycles. The molecule has 0 aliphatic carbocycles. The molecule has 0 aliphatic rings. The van der Waals surface area contributed by atoms with E-state index in [4.69, 9.17) is 0 Å². The van der Waals surface area contributed by atoms with Crippen molar-refractivity contribution < 1.29 is 4.39 Å². The molecule has 2 rings (SSSR count).